The number of allylic oxidation sites excluding steroid dienone is 1. The minimum atomic E-state index is -0.0729. The molecule has 0 atom stereocenters. The van der Waals surface area contributed by atoms with Crippen LogP contribution in [0.1, 0.15) is 28.5 Å². The molecule has 0 fully saturated rings. The molecule has 2 aromatic rings. The predicted octanol–water partition coefficient (Wildman–Crippen LogP) is 3.34. The number of nitrogens with one attached hydrogen (secondary N) is 1. The molecule has 1 N–H and O–H groups in total. The number of hydrogen-bond acceptors (Lipinski definition) is 4. The number of carbonyl (C=O) groups excluding carboxylic acids is 1. The number of nitrogens with zero attached hydrogens (tertiary/aromatic N) is 2. The average Bonchev–Trinajstić information content (AvgIpc) is 2.88. The van der Waals surface area contributed by atoms with Crippen molar-refractivity contribution in [3.8, 4) is 5.75 Å². The Labute approximate surface area is 130 Å². The van der Waals surface area contributed by atoms with Crippen molar-refractivity contribution in [1.82, 2.24) is 9.78 Å². The molecule has 0 spiro atoms. The van der Waals surface area contributed by atoms with E-state index in [2.05, 4.69) is 10.4 Å². The quantitative estimate of drug-likeness (QED) is 0.656. The van der Waals surface area contributed by atoms with Gasteiger partial charge in [-0.05, 0) is 38.5 Å². The monoisotopic (exact) mass is 299 g/mol. The van der Waals surface area contributed by atoms with Gasteiger partial charge in [0.15, 0.2) is 5.78 Å². The molecular formula is C17H21N3O2. The first-order chi connectivity index (χ1) is 10.6. The SMILES string of the molecule is CCn1ncc(C(=O)C=CNc2cc(C)ccc2OC)c1C. The van der Waals surface area contributed by atoms with Gasteiger partial charge in [-0.3, -0.25) is 9.48 Å². The number of anilines is 1. The summed E-state index contributed by atoms with van der Waals surface area (Å²) in [6, 6.07) is 5.83. The smallest absolute Gasteiger partial charge is 0.190 e. The zero-order valence-corrected chi connectivity index (χ0v) is 13.4. The Morgan fingerprint density at radius 3 is 2.82 bits per heavy atom. The number of carbonyl (C=O) groups is 1. The number of benzene rings is 1. The van der Waals surface area contributed by atoms with E-state index < -0.39 is 0 Å². The van der Waals surface area contributed by atoms with E-state index in [0.717, 1.165) is 29.2 Å². The van der Waals surface area contributed by atoms with Gasteiger partial charge in [-0.15, -0.1) is 0 Å². The third-order valence-electron chi connectivity index (χ3n) is 3.50. The van der Waals surface area contributed by atoms with E-state index in [4.69, 9.17) is 4.74 Å². The molecular weight excluding hydrogens is 278 g/mol. The fourth-order valence-electron chi connectivity index (χ4n) is 2.24. The average molecular weight is 299 g/mol. The summed E-state index contributed by atoms with van der Waals surface area (Å²) in [6.07, 6.45) is 4.74. The molecule has 0 saturated heterocycles. The zero-order valence-electron chi connectivity index (χ0n) is 13.4. The summed E-state index contributed by atoms with van der Waals surface area (Å²) in [5.74, 6) is 0.661. The van der Waals surface area contributed by atoms with Crippen molar-refractivity contribution in [2.45, 2.75) is 27.3 Å². The lowest BCUT2D eigenvalue weighted by Gasteiger charge is -2.08. The summed E-state index contributed by atoms with van der Waals surface area (Å²) in [5, 5.41) is 7.27. The van der Waals surface area contributed by atoms with Crippen molar-refractivity contribution in [2.75, 3.05) is 12.4 Å². The van der Waals surface area contributed by atoms with Crippen molar-refractivity contribution >= 4 is 11.5 Å². The highest BCUT2D eigenvalue weighted by Crippen LogP contribution is 2.25. The van der Waals surface area contributed by atoms with Gasteiger partial charge < -0.3 is 10.1 Å². The van der Waals surface area contributed by atoms with Crippen LogP contribution in [-0.2, 0) is 6.54 Å². The maximum atomic E-state index is 12.2. The van der Waals surface area contributed by atoms with Crippen LogP contribution in [0, 0.1) is 13.8 Å². The molecule has 1 heterocycles. The molecule has 1 aromatic heterocycles. The number of methoxy groups -OCH3 is 1. The van der Waals surface area contributed by atoms with Gasteiger partial charge in [-0.1, -0.05) is 6.07 Å². The molecule has 5 heteroatoms. The van der Waals surface area contributed by atoms with Gasteiger partial charge in [0.25, 0.3) is 0 Å². The van der Waals surface area contributed by atoms with Crippen LogP contribution in [0.25, 0.3) is 0 Å². The van der Waals surface area contributed by atoms with E-state index in [1.165, 1.54) is 6.08 Å². The molecule has 1 aromatic carbocycles. The normalized spacial score (nSPS) is 10.9. The number of hydrogen-bond donors (Lipinski definition) is 1. The highest BCUT2D eigenvalue weighted by molar-refractivity contribution is 6.05. The Balaban J connectivity index is 2.10. The highest BCUT2D eigenvalue weighted by Gasteiger charge is 2.10. The maximum Gasteiger partial charge on any atom is 0.190 e. The Bertz CT molecular complexity index is 702. The Kier molecular flexibility index (Phi) is 4.99. The van der Waals surface area contributed by atoms with E-state index in [9.17, 15) is 4.79 Å². The minimum absolute atomic E-state index is 0.0729. The largest absolute Gasteiger partial charge is 0.495 e. The van der Waals surface area contributed by atoms with Gasteiger partial charge in [0.05, 0.1) is 24.6 Å². The molecule has 0 radical (unpaired) electrons. The van der Waals surface area contributed by atoms with E-state index >= 15 is 0 Å². The van der Waals surface area contributed by atoms with Crippen molar-refractivity contribution in [3.63, 3.8) is 0 Å². The molecule has 0 unspecified atom stereocenters. The number of aromatic nitrogens is 2. The highest BCUT2D eigenvalue weighted by atomic mass is 16.5. The molecule has 0 aliphatic heterocycles. The summed E-state index contributed by atoms with van der Waals surface area (Å²) >= 11 is 0. The molecule has 2 rings (SSSR count). The number of rotatable bonds is 6. The van der Waals surface area contributed by atoms with E-state index in [-0.39, 0.29) is 5.78 Å². The molecule has 0 aliphatic carbocycles. The van der Waals surface area contributed by atoms with Crippen LogP contribution >= 0.6 is 0 Å². The molecule has 5 nitrogen and oxygen atoms in total. The van der Waals surface area contributed by atoms with Crippen molar-refractivity contribution in [2.24, 2.45) is 0 Å². The van der Waals surface area contributed by atoms with Crippen LogP contribution in [0.5, 0.6) is 5.75 Å². The molecule has 116 valence electrons. The van der Waals surface area contributed by atoms with Crippen molar-refractivity contribution in [1.29, 1.82) is 0 Å². The second kappa shape index (κ2) is 6.93. The summed E-state index contributed by atoms with van der Waals surface area (Å²) < 4.78 is 7.09. The first kappa shape index (κ1) is 15.8. The van der Waals surface area contributed by atoms with Gasteiger partial charge in [0, 0.05) is 24.5 Å². The Morgan fingerprint density at radius 1 is 1.41 bits per heavy atom. The topological polar surface area (TPSA) is 56.2 Å². The second-order valence-corrected chi connectivity index (χ2v) is 5.01. The molecule has 0 saturated carbocycles. The van der Waals surface area contributed by atoms with Crippen LogP contribution in [0.4, 0.5) is 5.69 Å². The van der Waals surface area contributed by atoms with Gasteiger partial charge in [-0.2, -0.15) is 5.10 Å². The van der Waals surface area contributed by atoms with Crippen LogP contribution < -0.4 is 10.1 Å². The minimum Gasteiger partial charge on any atom is -0.495 e. The summed E-state index contributed by atoms with van der Waals surface area (Å²) in [5.41, 5.74) is 3.44. The van der Waals surface area contributed by atoms with Crippen LogP contribution in [-0.4, -0.2) is 22.7 Å². The molecule has 0 aliphatic rings. The summed E-state index contributed by atoms with van der Waals surface area (Å²) in [4.78, 5) is 12.2. The fraction of sp³-hybridized carbons (Fsp3) is 0.294. The van der Waals surface area contributed by atoms with Crippen LogP contribution in [0.3, 0.4) is 0 Å². The third-order valence-corrected chi connectivity index (χ3v) is 3.50. The first-order valence-electron chi connectivity index (χ1n) is 7.21. The van der Waals surface area contributed by atoms with E-state index in [1.54, 1.807) is 24.2 Å². The van der Waals surface area contributed by atoms with E-state index in [1.807, 2.05) is 39.0 Å². The van der Waals surface area contributed by atoms with Crippen LogP contribution in [0.2, 0.25) is 0 Å². The van der Waals surface area contributed by atoms with Gasteiger partial charge in [0.2, 0.25) is 0 Å². The maximum absolute atomic E-state index is 12.2. The van der Waals surface area contributed by atoms with E-state index in [0.29, 0.717) is 5.56 Å². The second-order valence-electron chi connectivity index (χ2n) is 5.01. The Morgan fingerprint density at radius 2 is 2.18 bits per heavy atom. The standard InChI is InChI=1S/C17H21N3O2/c1-5-20-13(3)14(11-19-20)16(21)8-9-18-15-10-12(2)6-7-17(15)22-4/h6-11,18H,5H2,1-4H3. The lowest BCUT2D eigenvalue weighted by Crippen LogP contribution is -2.02. The van der Waals surface area contributed by atoms with Gasteiger partial charge in [-0.25, -0.2) is 0 Å². The molecule has 0 amide bonds. The van der Waals surface area contributed by atoms with Crippen molar-refractivity contribution < 1.29 is 9.53 Å². The summed E-state index contributed by atoms with van der Waals surface area (Å²) in [7, 11) is 1.62. The molecule has 22 heavy (non-hydrogen) atoms. The third kappa shape index (κ3) is 3.36. The summed E-state index contributed by atoms with van der Waals surface area (Å²) in [6.45, 7) is 6.65. The number of aryl methyl sites for hydroxylation is 2. The molecule has 0 bridgehead atoms. The van der Waals surface area contributed by atoms with Crippen molar-refractivity contribution in [3.05, 3.63) is 53.5 Å². The van der Waals surface area contributed by atoms with Gasteiger partial charge >= 0.3 is 0 Å². The number of ketones is 1. The van der Waals surface area contributed by atoms with Gasteiger partial charge in [0.1, 0.15) is 5.75 Å². The van der Waals surface area contributed by atoms with Crippen LogP contribution in [0.15, 0.2) is 36.7 Å². The lowest BCUT2D eigenvalue weighted by molar-refractivity contribution is 0.104. The first-order valence-corrected chi connectivity index (χ1v) is 7.21. The Hall–Kier alpha value is -2.56. The predicted molar refractivity (Wildman–Crippen MR) is 87.5 cm³/mol. The zero-order chi connectivity index (χ0) is 16.1. The fourth-order valence-corrected chi connectivity index (χ4v) is 2.24. The number of ether oxygens (including phenoxy) is 1. The lowest BCUT2D eigenvalue weighted by atomic mass is 10.1.